The predicted octanol–water partition coefficient (Wildman–Crippen LogP) is -4.40. The van der Waals surface area contributed by atoms with Gasteiger partial charge in [-0.3, -0.25) is 9.35 Å². The second kappa shape index (κ2) is 9.88. The molecule has 170 valence electrons. The molecule has 2 aliphatic rings. The summed E-state index contributed by atoms with van der Waals surface area (Å²) in [6.45, 7) is -0.143. The van der Waals surface area contributed by atoms with Gasteiger partial charge in [0.25, 0.3) is 0 Å². The number of rotatable bonds is 7. The third-order valence-corrected chi connectivity index (χ3v) is 4.94. The lowest BCUT2D eigenvalue weighted by atomic mass is 9.97. The molecule has 29 heavy (non-hydrogen) atoms. The zero-order valence-corrected chi connectivity index (χ0v) is 16.1. The Hall–Kier alpha value is -0.980. The van der Waals surface area contributed by atoms with E-state index in [2.05, 4.69) is 9.50 Å². The van der Waals surface area contributed by atoms with E-state index in [9.17, 15) is 38.7 Å². The van der Waals surface area contributed by atoms with Crippen LogP contribution in [0.25, 0.3) is 0 Å². The normalized spacial score (nSPS) is 41.1. The summed E-state index contributed by atoms with van der Waals surface area (Å²) < 4.78 is 51.1. The lowest BCUT2D eigenvalue weighted by molar-refractivity contribution is -0.324. The fraction of sp³-hybridized carbons (Fsp3) is 0.929. The molecule has 0 spiro atoms. The van der Waals surface area contributed by atoms with Crippen molar-refractivity contribution in [2.45, 2.75) is 68.6 Å². The Morgan fingerprint density at radius 1 is 1.14 bits per heavy atom. The van der Waals surface area contributed by atoms with Crippen LogP contribution in [0.5, 0.6) is 0 Å². The van der Waals surface area contributed by atoms with Gasteiger partial charge in [0.05, 0.1) is 25.4 Å². The molecule has 1 amide bonds. The minimum absolute atomic E-state index is 0.0682. The minimum atomic E-state index is -5.09. The average molecular weight is 447 g/mol. The predicted molar refractivity (Wildman–Crippen MR) is 89.2 cm³/mol. The molecule has 0 aliphatic carbocycles. The Balaban J connectivity index is 2.23. The molecule has 2 fully saturated rings. The number of carbonyl (C=O) groups is 1. The topological polar surface area (TPSA) is 222 Å². The third-order valence-electron chi connectivity index (χ3n) is 4.47. The first kappa shape index (κ1) is 24.3. The van der Waals surface area contributed by atoms with E-state index >= 15 is 0 Å². The van der Waals surface area contributed by atoms with Crippen LogP contribution in [0.1, 0.15) is 13.3 Å². The molecule has 0 unspecified atom stereocenters. The molecule has 0 bridgehead atoms. The summed E-state index contributed by atoms with van der Waals surface area (Å²) in [5.41, 5.74) is 0. The van der Waals surface area contributed by atoms with Crippen LogP contribution < -0.4 is 5.32 Å². The maximum Gasteiger partial charge on any atom is 0.397 e. The van der Waals surface area contributed by atoms with Gasteiger partial charge in [-0.2, -0.15) is 8.42 Å². The van der Waals surface area contributed by atoms with Crippen LogP contribution in [0.3, 0.4) is 0 Å². The number of ether oxygens (including phenoxy) is 3. The number of amides is 1. The van der Waals surface area contributed by atoms with Crippen LogP contribution in [0.2, 0.25) is 0 Å². The smallest absolute Gasteiger partial charge is 0.394 e. The highest BCUT2D eigenvalue weighted by Crippen LogP contribution is 2.29. The van der Waals surface area contributed by atoms with Crippen LogP contribution in [0.4, 0.5) is 0 Å². The van der Waals surface area contributed by atoms with Gasteiger partial charge < -0.3 is 45.1 Å². The van der Waals surface area contributed by atoms with Crippen molar-refractivity contribution < 1.29 is 61.7 Å². The molecule has 0 radical (unpaired) electrons. The Kier molecular flexibility index (Phi) is 8.28. The van der Waals surface area contributed by atoms with Crippen molar-refractivity contribution in [1.82, 2.24) is 5.32 Å². The first-order valence-corrected chi connectivity index (χ1v) is 9.98. The zero-order valence-electron chi connectivity index (χ0n) is 15.3. The van der Waals surface area contributed by atoms with Gasteiger partial charge in [0, 0.05) is 13.3 Å². The highest BCUT2D eigenvalue weighted by atomic mass is 32.3. The molecular formula is C14H25NO13S. The van der Waals surface area contributed by atoms with Gasteiger partial charge in [0.1, 0.15) is 30.5 Å². The maximum atomic E-state index is 11.4. The molecule has 0 aromatic heterocycles. The average Bonchev–Trinajstić information content (AvgIpc) is 2.62. The van der Waals surface area contributed by atoms with Crippen molar-refractivity contribution in [2.24, 2.45) is 0 Å². The summed E-state index contributed by atoms with van der Waals surface area (Å²) in [5, 5.41) is 51.5. The molecule has 2 heterocycles. The van der Waals surface area contributed by atoms with Crippen molar-refractivity contribution in [3.05, 3.63) is 0 Å². The summed E-state index contributed by atoms with van der Waals surface area (Å²) in [6.07, 6.45) is -12.5. The summed E-state index contributed by atoms with van der Waals surface area (Å²) in [4.78, 5) is 11.4. The van der Waals surface area contributed by atoms with E-state index in [0.717, 1.165) is 0 Å². The van der Waals surface area contributed by atoms with Gasteiger partial charge in [-0.15, -0.1) is 0 Å². The van der Waals surface area contributed by atoms with E-state index in [1.54, 1.807) is 0 Å². The molecule has 15 heteroatoms. The van der Waals surface area contributed by atoms with Gasteiger partial charge in [-0.1, -0.05) is 0 Å². The van der Waals surface area contributed by atoms with Crippen LogP contribution in [-0.2, 0) is 33.6 Å². The van der Waals surface area contributed by atoms with Gasteiger partial charge >= 0.3 is 10.4 Å². The summed E-state index contributed by atoms with van der Waals surface area (Å²) in [6, 6.07) is -1.15. The zero-order chi connectivity index (χ0) is 21.9. The molecule has 7 N–H and O–H groups in total. The SMILES string of the molecule is CC(=O)N[C@@H]1[C@@H](O[C@@H]2O[C@H](CO)[C@H](O)[C@H](OS(=O)(=O)O)[C@H]2O)C[C@@H](CO)O[C@@H]1O. The van der Waals surface area contributed by atoms with E-state index in [0.29, 0.717) is 0 Å². The number of nitrogens with one attached hydrogen (secondary N) is 1. The Labute approximate surface area is 165 Å². The number of aliphatic hydroxyl groups excluding tert-OH is 5. The lowest BCUT2D eigenvalue weighted by Crippen LogP contribution is -2.64. The van der Waals surface area contributed by atoms with Gasteiger partial charge in [-0.05, 0) is 0 Å². The quantitative estimate of drug-likeness (QED) is 0.183. The van der Waals surface area contributed by atoms with Gasteiger partial charge in [0.2, 0.25) is 5.91 Å². The number of hydrogen-bond donors (Lipinski definition) is 7. The van der Waals surface area contributed by atoms with Crippen LogP contribution in [-0.4, -0.2) is 113 Å². The largest absolute Gasteiger partial charge is 0.397 e. The highest BCUT2D eigenvalue weighted by molar-refractivity contribution is 7.80. The van der Waals surface area contributed by atoms with Crippen LogP contribution in [0.15, 0.2) is 0 Å². The molecule has 2 aliphatic heterocycles. The monoisotopic (exact) mass is 447 g/mol. The lowest BCUT2D eigenvalue weighted by Gasteiger charge is -2.45. The molecule has 0 aromatic rings. The van der Waals surface area contributed by atoms with Crippen molar-refractivity contribution in [3.8, 4) is 0 Å². The summed E-state index contributed by atoms with van der Waals surface area (Å²) >= 11 is 0. The second-order valence-corrected chi connectivity index (χ2v) is 7.71. The molecular weight excluding hydrogens is 422 g/mol. The number of hydrogen-bond acceptors (Lipinski definition) is 12. The van der Waals surface area contributed by atoms with Crippen molar-refractivity contribution >= 4 is 16.3 Å². The fourth-order valence-corrected chi connectivity index (χ4v) is 3.68. The van der Waals surface area contributed by atoms with E-state index in [1.807, 2.05) is 0 Å². The molecule has 0 saturated carbocycles. The van der Waals surface area contributed by atoms with Crippen molar-refractivity contribution in [3.63, 3.8) is 0 Å². The van der Waals surface area contributed by atoms with Crippen molar-refractivity contribution in [2.75, 3.05) is 13.2 Å². The molecule has 2 saturated heterocycles. The van der Waals surface area contributed by atoms with E-state index in [-0.39, 0.29) is 6.42 Å². The van der Waals surface area contributed by atoms with Crippen molar-refractivity contribution in [1.29, 1.82) is 0 Å². The van der Waals surface area contributed by atoms with Crippen LogP contribution >= 0.6 is 0 Å². The van der Waals surface area contributed by atoms with E-state index in [4.69, 9.17) is 18.8 Å². The minimum Gasteiger partial charge on any atom is -0.394 e. The first-order chi connectivity index (χ1) is 13.5. The van der Waals surface area contributed by atoms with Gasteiger partial charge in [0.15, 0.2) is 12.6 Å². The third kappa shape index (κ3) is 6.25. The van der Waals surface area contributed by atoms with Crippen LogP contribution in [0, 0.1) is 0 Å². The maximum absolute atomic E-state index is 11.4. The number of carbonyl (C=O) groups excluding carboxylic acids is 1. The standard InChI is InChI=1S/C14H25NO13S/c1-5(18)15-9-7(2-6(3-16)25-13(9)21)26-14-11(20)12(28-29(22,23)24)10(19)8(4-17)27-14/h6-14,16-17,19-21H,2-4H2,1H3,(H,15,18)(H,22,23,24)/t6-,7-,8+,9+,10-,11+,12-,13-,14+/m0/s1. The first-order valence-electron chi connectivity index (χ1n) is 8.62. The highest BCUT2D eigenvalue weighted by Gasteiger charge is 2.50. The Bertz CT molecular complexity index is 660. The molecule has 9 atom stereocenters. The summed E-state index contributed by atoms with van der Waals surface area (Å²) in [7, 11) is -5.09. The molecule has 14 nitrogen and oxygen atoms in total. The summed E-state index contributed by atoms with van der Waals surface area (Å²) in [5.74, 6) is -0.546. The second-order valence-electron chi connectivity index (χ2n) is 6.66. The molecule has 2 rings (SSSR count). The fourth-order valence-electron chi connectivity index (χ4n) is 3.18. The van der Waals surface area contributed by atoms with Gasteiger partial charge in [-0.25, -0.2) is 4.18 Å². The Morgan fingerprint density at radius 3 is 2.31 bits per heavy atom. The van der Waals surface area contributed by atoms with E-state index < -0.39 is 84.8 Å². The Morgan fingerprint density at radius 2 is 1.79 bits per heavy atom. The molecule has 0 aromatic carbocycles. The number of aliphatic hydroxyl groups is 5. The van der Waals surface area contributed by atoms with E-state index in [1.165, 1.54) is 6.92 Å².